The van der Waals surface area contributed by atoms with E-state index in [0.717, 1.165) is 31.6 Å². The van der Waals surface area contributed by atoms with Crippen LogP contribution < -0.4 is 20.2 Å². The van der Waals surface area contributed by atoms with E-state index in [0.29, 0.717) is 31.0 Å². The minimum atomic E-state index is -3.12. The standard InChI is InChI=1S/C25H23F2N7O3/c1-3-19-20(10-12-29-21(19)33-14-13-32(25(33)36)18-5-4-11-28-15-18)16-6-8-17(9-7-16)34-23(37-22(26)27)30-31(2)24(34)35/h4-12,15,22H,3,13-14H2,1-2H3. The molecule has 1 saturated heterocycles. The van der Waals surface area contributed by atoms with Gasteiger partial charge in [-0.05, 0) is 47.9 Å². The van der Waals surface area contributed by atoms with Crippen molar-refractivity contribution in [2.24, 2.45) is 7.05 Å². The van der Waals surface area contributed by atoms with Gasteiger partial charge >= 0.3 is 24.3 Å². The van der Waals surface area contributed by atoms with Crippen molar-refractivity contribution in [3.8, 4) is 22.8 Å². The summed E-state index contributed by atoms with van der Waals surface area (Å²) in [6.45, 7) is -0.144. The zero-order valence-electron chi connectivity index (χ0n) is 20.1. The Balaban J connectivity index is 1.48. The van der Waals surface area contributed by atoms with Gasteiger partial charge < -0.3 is 4.74 Å². The van der Waals surface area contributed by atoms with Crippen LogP contribution in [0.1, 0.15) is 12.5 Å². The molecular formula is C25H23F2N7O3. The third-order valence-electron chi connectivity index (χ3n) is 6.13. The first-order valence-corrected chi connectivity index (χ1v) is 11.6. The second-order valence-corrected chi connectivity index (χ2v) is 8.26. The highest BCUT2D eigenvalue weighted by atomic mass is 19.3. The molecule has 0 spiro atoms. The number of urea groups is 1. The number of hydrogen-bond donors (Lipinski definition) is 0. The third-order valence-corrected chi connectivity index (χ3v) is 6.13. The number of rotatable bonds is 7. The summed E-state index contributed by atoms with van der Waals surface area (Å²) in [5, 5.41) is 3.74. The molecule has 1 aliphatic rings. The second-order valence-electron chi connectivity index (χ2n) is 8.26. The van der Waals surface area contributed by atoms with Crippen molar-refractivity contribution in [1.29, 1.82) is 0 Å². The predicted octanol–water partition coefficient (Wildman–Crippen LogP) is 3.64. The molecule has 0 atom stereocenters. The number of pyridine rings is 2. The third kappa shape index (κ3) is 4.41. The number of amides is 2. The van der Waals surface area contributed by atoms with E-state index >= 15 is 0 Å². The van der Waals surface area contributed by atoms with Gasteiger partial charge in [-0.2, -0.15) is 8.78 Å². The lowest BCUT2D eigenvalue weighted by Crippen LogP contribution is -2.33. The Kier molecular flexibility index (Phi) is 6.38. The average Bonchev–Trinajstić information content (AvgIpc) is 3.42. The molecule has 5 rings (SSSR count). The number of hydrogen-bond acceptors (Lipinski definition) is 6. The maximum atomic E-state index is 13.2. The maximum Gasteiger partial charge on any atom is 0.389 e. The van der Waals surface area contributed by atoms with Crippen LogP contribution in [0.4, 0.5) is 25.1 Å². The molecule has 0 saturated carbocycles. The summed E-state index contributed by atoms with van der Waals surface area (Å²) < 4.78 is 32.0. The van der Waals surface area contributed by atoms with Gasteiger partial charge in [0.05, 0.1) is 17.6 Å². The fraction of sp³-hybridized carbons (Fsp3) is 0.240. The monoisotopic (exact) mass is 507 g/mol. The molecular weight excluding hydrogens is 484 g/mol. The van der Waals surface area contributed by atoms with E-state index < -0.39 is 18.3 Å². The Bertz CT molecular complexity index is 1490. The van der Waals surface area contributed by atoms with Crippen molar-refractivity contribution in [3.05, 3.63) is 77.1 Å². The zero-order valence-corrected chi connectivity index (χ0v) is 20.1. The van der Waals surface area contributed by atoms with Crippen molar-refractivity contribution < 1.29 is 18.3 Å². The van der Waals surface area contributed by atoms with Crippen LogP contribution in [-0.4, -0.2) is 50.0 Å². The molecule has 1 fully saturated rings. The quantitative estimate of drug-likeness (QED) is 0.379. The number of halogens is 2. The van der Waals surface area contributed by atoms with Gasteiger partial charge in [-0.25, -0.2) is 23.8 Å². The summed E-state index contributed by atoms with van der Waals surface area (Å²) in [7, 11) is 1.35. The highest BCUT2D eigenvalue weighted by Gasteiger charge is 2.33. The SMILES string of the molecule is CCc1c(-c2ccc(-n3c(OC(F)F)nn(C)c3=O)cc2)ccnc1N1CCN(c2cccnc2)C1=O. The second kappa shape index (κ2) is 9.80. The van der Waals surface area contributed by atoms with Gasteiger partial charge in [0.2, 0.25) is 0 Å². The van der Waals surface area contributed by atoms with Crippen LogP contribution in [0.25, 0.3) is 16.8 Å². The smallest absolute Gasteiger partial charge is 0.389 e. The number of alkyl halides is 2. The van der Waals surface area contributed by atoms with Gasteiger partial charge in [-0.1, -0.05) is 19.1 Å². The Morgan fingerprint density at radius 3 is 2.43 bits per heavy atom. The van der Waals surface area contributed by atoms with Gasteiger partial charge in [0.25, 0.3) is 0 Å². The lowest BCUT2D eigenvalue weighted by Gasteiger charge is -2.21. The molecule has 0 unspecified atom stereocenters. The van der Waals surface area contributed by atoms with Gasteiger partial charge in [-0.15, -0.1) is 5.10 Å². The molecule has 4 heterocycles. The van der Waals surface area contributed by atoms with Crippen molar-refractivity contribution in [1.82, 2.24) is 24.3 Å². The molecule has 1 aliphatic heterocycles. The van der Waals surface area contributed by atoms with Crippen LogP contribution in [0.15, 0.2) is 65.8 Å². The normalized spacial score (nSPS) is 13.6. The molecule has 10 nitrogen and oxygen atoms in total. The van der Waals surface area contributed by atoms with Crippen LogP contribution in [0.3, 0.4) is 0 Å². The van der Waals surface area contributed by atoms with Crippen LogP contribution in [0.5, 0.6) is 6.01 Å². The minimum Gasteiger partial charge on any atom is -0.401 e. The first kappa shape index (κ1) is 24.1. The van der Waals surface area contributed by atoms with Gasteiger partial charge in [0, 0.05) is 38.1 Å². The summed E-state index contributed by atoms with van der Waals surface area (Å²) in [5.41, 5.74) is 3.00. The van der Waals surface area contributed by atoms with E-state index in [2.05, 4.69) is 19.8 Å². The van der Waals surface area contributed by atoms with Crippen molar-refractivity contribution in [3.63, 3.8) is 0 Å². The number of aryl methyl sites for hydroxylation is 1. The van der Waals surface area contributed by atoms with Gasteiger partial charge in [0.1, 0.15) is 5.82 Å². The average molecular weight is 508 g/mol. The minimum absolute atomic E-state index is 0.176. The molecule has 0 aliphatic carbocycles. The molecule has 3 aromatic heterocycles. The van der Waals surface area contributed by atoms with Gasteiger partial charge in [0.15, 0.2) is 0 Å². The fourth-order valence-corrected chi connectivity index (χ4v) is 4.43. The number of carbonyl (C=O) groups is 1. The Hall–Kier alpha value is -4.61. The molecule has 37 heavy (non-hydrogen) atoms. The number of benzene rings is 1. The first-order chi connectivity index (χ1) is 17.9. The summed E-state index contributed by atoms with van der Waals surface area (Å²) in [6.07, 6.45) is 5.58. The molecule has 0 radical (unpaired) electrons. The van der Waals surface area contributed by atoms with Crippen LogP contribution in [0.2, 0.25) is 0 Å². The van der Waals surface area contributed by atoms with Crippen LogP contribution in [-0.2, 0) is 13.5 Å². The first-order valence-electron chi connectivity index (χ1n) is 11.6. The summed E-state index contributed by atoms with van der Waals surface area (Å²) in [5.74, 6) is 0.580. The number of aromatic nitrogens is 5. The van der Waals surface area contributed by atoms with Crippen LogP contribution >= 0.6 is 0 Å². The molecule has 4 aromatic rings. The van der Waals surface area contributed by atoms with E-state index in [4.69, 9.17) is 0 Å². The number of anilines is 2. The lowest BCUT2D eigenvalue weighted by atomic mass is 9.98. The summed E-state index contributed by atoms with van der Waals surface area (Å²) >= 11 is 0. The molecule has 12 heteroatoms. The van der Waals surface area contributed by atoms with Crippen molar-refractivity contribution in [2.45, 2.75) is 20.0 Å². The number of nitrogens with zero attached hydrogens (tertiary/aromatic N) is 7. The van der Waals surface area contributed by atoms with Crippen LogP contribution in [0, 0.1) is 0 Å². The Morgan fingerprint density at radius 2 is 1.76 bits per heavy atom. The van der Waals surface area contributed by atoms with E-state index in [1.807, 2.05) is 19.1 Å². The lowest BCUT2D eigenvalue weighted by molar-refractivity contribution is -0.0575. The van der Waals surface area contributed by atoms with E-state index in [1.54, 1.807) is 58.7 Å². The van der Waals surface area contributed by atoms with Crippen molar-refractivity contribution >= 4 is 17.5 Å². The van der Waals surface area contributed by atoms with Gasteiger partial charge in [-0.3, -0.25) is 14.8 Å². The largest absolute Gasteiger partial charge is 0.401 e. The maximum absolute atomic E-state index is 13.2. The molecule has 2 amide bonds. The summed E-state index contributed by atoms with van der Waals surface area (Å²) in [6, 6.07) is 11.6. The predicted molar refractivity (Wildman–Crippen MR) is 132 cm³/mol. The van der Waals surface area contributed by atoms with E-state index in [9.17, 15) is 18.4 Å². The summed E-state index contributed by atoms with van der Waals surface area (Å²) in [4.78, 5) is 37.7. The molecule has 0 N–H and O–H groups in total. The fourth-order valence-electron chi connectivity index (χ4n) is 4.43. The topological polar surface area (TPSA) is 98.4 Å². The number of ether oxygens (including phenoxy) is 1. The highest BCUT2D eigenvalue weighted by Crippen LogP contribution is 2.33. The van der Waals surface area contributed by atoms with Crippen molar-refractivity contribution in [2.75, 3.05) is 22.9 Å². The van der Waals surface area contributed by atoms with E-state index in [-0.39, 0.29) is 6.03 Å². The van der Waals surface area contributed by atoms with E-state index in [1.165, 1.54) is 7.05 Å². The highest BCUT2D eigenvalue weighted by molar-refractivity contribution is 6.06. The Morgan fingerprint density at radius 1 is 1.00 bits per heavy atom. The zero-order chi connectivity index (χ0) is 26.1. The number of carbonyl (C=O) groups excluding carboxylic acids is 1. The molecule has 190 valence electrons. The Labute approximate surface area is 210 Å². The molecule has 0 bridgehead atoms. The molecule has 1 aromatic carbocycles.